The molecule has 4 heteroatoms. The van der Waals surface area contributed by atoms with Gasteiger partial charge in [-0.05, 0) is 11.1 Å². The third kappa shape index (κ3) is 2.56. The molecule has 2 aromatic rings. The Bertz CT molecular complexity index is 693. The average Bonchev–Trinajstić information content (AvgIpc) is 3.18. The van der Waals surface area contributed by atoms with Crippen LogP contribution in [-0.2, 0) is 27.4 Å². The van der Waals surface area contributed by atoms with E-state index in [4.69, 9.17) is 14.2 Å². The van der Waals surface area contributed by atoms with Crippen LogP contribution < -0.4 is 0 Å². The molecule has 0 aliphatic carbocycles. The molecule has 4 nitrogen and oxygen atoms in total. The maximum absolute atomic E-state index is 6.23. The van der Waals surface area contributed by atoms with Gasteiger partial charge in [-0.3, -0.25) is 4.90 Å². The van der Waals surface area contributed by atoms with E-state index in [0.717, 1.165) is 6.54 Å². The lowest BCUT2D eigenvalue weighted by molar-refractivity contribution is -0.168. The van der Waals surface area contributed by atoms with Crippen LogP contribution in [0, 0.1) is 0 Å². The van der Waals surface area contributed by atoms with Crippen LogP contribution in [0.15, 0.2) is 60.7 Å². The zero-order chi connectivity index (χ0) is 15.9. The summed E-state index contributed by atoms with van der Waals surface area (Å²) >= 11 is 0. The van der Waals surface area contributed by atoms with Gasteiger partial charge >= 0.3 is 0 Å². The Morgan fingerprint density at radius 2 is 1.62 bits per heavy atom. The standard InChI is InChI=1S/C20H21NO3/c1-3-7-14(8-4-1)11-21-17-16-13-23-20(24-16)19(18(17)21)22-12-15-9-5-2-6-10-15/h1-10,16-20H,11-13H2/t16-,17+,18+,19+,20-,21?/m1/s1. The van der Waals surface area contributed by atoms with Crippen molar-refractivity contribution in [3.63, 3.8) is 0 Å². The van der Waals surface area contributed by atoms with E-state index in [2.05, 4.69) is 47.4 Å². The van der Waals surface area contributed by atoms with Crippen molar-refractivity contribution in [1.82, 2.24) is 4.90 Å². The van der Waals surface area contributed by atoms with Crippen LogP contribution in [0.5, 0.6) is 0 Å². The van der Waals surface area contributed by atoms with Crippen molar-refractivity contribution in [3.05, 3.63) is 71.8 Å². The molecule has 3 aliphatic rings. The Labute approximate surface area is 141 Å². The van der Waals surface area contributed by atoms with Crippen molar-refractivity contribution in [2.75, 3.05) is 6.61 Å². The fourth-order valence-corrected chi connectivity index (χ4v) is 4.04. The Morgan fingerprint density at radius 1 is 0.917 bits per heavy atom. The minimum absolute atomic E-state index is 0.0160. The number of hydrogen-bond acceptors (Lipinski definition) is 4. The number of benzene rings is 2. The lowest BCUT2D eigenvalue weighted by Crippen LogP contribution is -2.41. The summed E-state index contributed by atoms with van der Waals surface area (Å²) < 4.78 is 18.1. The second-order valence-electron chi connectivity index (χ2n) is 6.78. The van der Waals surface area contributed by atoms with Gasteiger partial charge in [-0.2, -0.15) is 0 Å². The van der Waals surface area contributed by atoms with Gasteiger partial charge in [0.2, 0.25) is 0 Å². The van der Waals surface area contributed by atoms with Gasteiger partial charge in [-0.1, -0.05) is 60.7 Å². The van der Waals surface area contributed by atoms with Crippen LogP contribution in [0.4, 0.5) is 0 Å². The topological polar surface area (TPSA) is 30.7 Å². The molecule has 3 heterocycles. The predicted octanol–water partition coefficient (Wildman–Crippen LogP) is 2.58. The molecule has 1 unspecified atom stereocenters. The van der Waals surface area contributed by atoms with Gasteiger partial charge in [-0.25, -0.2) is 0 Å². The van der Waals surface area contributed by atoms with Gasteiger partial charge in [0.15, 0.2) is 6.29 Å². The van der Waals surface area contributed by atoms with E-state index < -0.39 is 0 Å². The first-order chi connectivity index (χ1) is 11.9. The van der Waals surface area contributed by atoms with Gasteiger partial charge < -0.3 is 14.2 Å². The van der Waals surface area contributed by atoms with E-state index in [9.17, 15) is 0 Å². The van der Waals surface area contributed by atoms with Crippen molar-refractivity contribution < 1.29 is 14.2 Å². The smallest absolute Gasteiger partial charge is 0.185 e. The highest BCUT2D eigenvalue weighted by Crippen LogP contribution is 2.46. The summed E-state index contributed by atoms with van der Waals surface area (Å²) in [6, 6.07) is 21.7. The number of fused-ring (bicyclic) bond motifs is 4. The zero-order valence-corrected chi connectivity index (χ0v) is 13.5. The number of ether oxygens (including phenoxy) is 3. The van der Waals surface area contributed by atoms with E-state index in [0.29, 0.717) is 25.3 Å². The molecular weight excluding hydrogens is 302 g/mol. The highest BCUT2D eigenvalue weighted by molar-refractivity contribution is 5.22. The van der Waals surface area contributed by atoms with Crippen molar-refractivity contribution in [3.8, 4) is 0 Å². The van der Waals surface area contributed by atoms with Crippen LogP contribution >= 0.6 is 0 Å². The van der Waals surface area contributed by atoms with Crippen LogP contribution in [0.1, 0.15) is 11.1 Å². The normalized spacial score (nSPS) is 36.3. The number of hydrogen-bond donors (Lipinski definition) is 0. The molecule has 0 N–H and O–H groups in total. The third-order valence-corrected chi connectivity index (χ3v) is 5.24. The first-order valence-corrected chi connectivity index (χ1v) is 8.62. The van der Waals surface area contributed by atoms with Gasteiger partial charge in [0.05, 0.1) is 25.3 Å². The second kappa shape index (κ2) is 5.97. The fourth-order valence-electron chi connectivity index (χ4n) is 4.04. The number of nitrogens with zero attached hydrogens (tertiary/aromatic N) is 1. The Morgan fingerprint density at radius 3 is 2.38 bits per heavy atom. The molecule has 0 amide bonds. The minimum Gasteiger partial charge on any atom is -0.367 e. The van der Waals surface area contributed by atoms with Crippen molar-refractivity contribution in [2.24, 2.45) is 0 Å². The molecule has 24 heavy (non-hydrogen) atoms. The maximum atomic E-state index is 6.23. The molecule has 0 aromatic heterocycles. The minimum atomic E-state index is -0.222. The molecule has 3 aliphatic heterocycles. The summed E-state index contributed by atoms with van der Waals surface area (Å²) in [5.74, 6) is 0. The van der Waals surface area contributed by atoms with E-state index in [1.807, 2.05) is 18.2 Å². The van der Waals surface area contributed by atoms with Crippen molar-refractivity contribution in [2.45, 2.75) is 43.7 Å². The Kier molecular flexibility index (Phi) is 3.64. The number of rotatable bonds is 5. The molecule has 124 valence electrons. The van der Waals surface area contributed by atoms with Crippen molar-refractivity contribution in [1.29, 1.82) is 0 Å². The predicted molar refractivity (Wildman–Crippen MR) is 89.2 cm³/mol. The summed E-state index contributed by atoms with van der Waals surface area (Å²) in [5, 5.41) is 0. The molecule has 2 bridgehead atoms. The maximum Gasteiger partial charge on any atom is 0.185 e. The largest absolute Gasteiger partial charge is 0.367 e. The first-order valence-electron chi connectivity index (χ1n) is 8.62. The molecular formula is C20H21NO3. The lowest BCUT2D eigenvalue weighted by Gasteiger charge is -2.26. The van der Waals surface area contributed by atoms with E-state index in [1.54, 1.807) is 0 Å². The van der Waals surface area contributed by atoms with Gasteiger partial charge in [-0.15, -0.1) is 0 Å². The van der Waals surface area contributed by atoms with Crippen LogP contribution in [0.3, 0.4) is 0 Å². The summed E-state index contributed by atoms with van der Waals surface area (Å²) in [6.07, 6.45) is -0.0429. The molecule has 0 spiro atoms. The Balaban J connectivity index is 1.30. The summed E-state index contributed by atoms with van der Waals surface area (Å²) in [5.41, 5.74) is 2.52. The van der Waals surface area contributed by atoms with Gasteiger partial charge in [0.25, 0.3) is 0 Å². The third-order valence-electron chi connectivity index (χ3n) is 5.24. The quantitative estimate of drug-likeness (QED) is 0.792. The van der Waals surface area contributed by atoms with Crippen molar-refractivity contribution >= 4 is 0 Å². The van der Waals surface area contributed by atoms with E-state index in [-0.39, 0.29) is 18.5 Å². The summed E-state index contributed by atoms with van der Waals surface area (Å²) in [6.45, 7) is 2.23. The molecule has 5 rings (SSSR count). The highest BCUT2D eigenvalue weighted by atomic mass is 16.7. The monoisotopic (exact) mass is 323 g/mol. The first kappa shape index (κ1) is 14.6. The molecule has 6 atom stereocenters. The molecule has 2 aromatic carbocycles. The summed E-state index contributed by atoms with van der Waals surface area (Å²) in [7, 11) is 0. The molecule has 0 radical (unpaired) electrons. The SMILES string of the molecule is c1ccc(CO[C@@H]2[C@@H]3OC[C@@H](O3)[C@H]3[C@@H]2N3Cc2ccccc2)cc1. The zero-order valence-electron chi connectivity index (χ0n) is 13.5. The molecule has 0 saturated carbocycles. The van der Waals surface area contributed by atoms with Crippen LogP contribution in [0.2, 0.25) is 0 Å². The van der Waals surface area contributed by atoms with Gasteiger partial charge in [0.1, 0.15) is 12.2 Å². The molecule has 3 saturated heterocycles. The second-order valence-corrected chi connectivity index (χ2v) is 6.78. The van der Waals surface area contributed by atoms with Crippen LogP contribution in [0.25, 0.3) is 0 Å². The molecule has 3 fully saturated rings. The highest BCUT2D eigenvalue weighted by Gasteiger charge is 2.65. The van der Waals surface area contributed by atoms with E-state index in [1.165, 1.54) is 11.1 Å². The summed E-state index contributed by atoms with van der Waals surface area (Å²) in [4.78, 5) is 2.50. The average molecular weight is 323 g/mol. The van der Waals surface area contributed by atoms with Gasteiger partial charge in [0, 0.05) is 6.54 Å². The van der Waals surface area contributed by atoms with E-state index >= 15 is 0 Å². The fraction of sp³-hybridized carbons (Fsp3) is 0.400. The Hall–Kier alpha value is -1.72. The lowest BCUT2D eigenvalue weighted by atomic mass is 10.1. The van der Waals surface area contributed by atoms with Crippen LogP contribution in [-0.4, -0.2) is 42.1 Å².